The third-order valence-electron chi connectivity index (χ3n) is 4.50. The van der Waals surface area contributed by atoms with Gasteiger partial charge in [-0.2, -0.15) is 5.10 Å². The van der Waals surface area contributed by atoms with Gasteiger partial charge in [-0.15, -0.1) is 0 Å². The molecule has 2 aliphatic carbocycles. The van der Waals surface area contributed by atoms with Crippen molar-refractivity contribution >= 4 is 11.6 Å². The van der Waals surface area contributed by atoms with Gasteiger partial charge in [0.1, 0.15) is 0 Å². The number of hydrazone groups is 1. The number of para-hydroxylation sites is 1. The Morgan fingerprint density at radius 3 is 2.82 bits per heavy atom. The monoisotopic (exact) mass is 291 g/mol. The average Bonchev–Trinajstić information content (AvgIpc) is 3.17. The first kappa shape index (κ1) is 13.1. The number of carbonyl (C=O) groups excluding carboxylic acids is 1. The van der Waals surface area contributed by atoms with Crippen LogP contribution < -0.4 is 5.43 Å². The molecule has 0 aliphatic heterocycles. The molecule has 1 saturated carbocycles. The molecule has 1 fully saturated rings. The smallest absolute Gasteiger partial charge is 0.273 e. The summed E-state index contributed by atoms with van der Waals surface area (Å²) in [7, 11) is 0. The third kappa shape index (κ3) is 2.17. The minimum Gasteiger partial charge on any atom is -0.323 e. The van der Waals surface area contributed by atoms with Gasteiger partial charge in [0.2, 0.25) is 0 Å². The zero-order chi connectivity index (χ0) is 14.9. The van der Waals surface area contributed by atoms with Crippen molar-refractivity contribution in [3.05, 3.63) is 66.5 Å². The van der Waals surface area contributed by atoms with Crippen molar-refractivity contribution in [1.29, 1.82) is 0 Å². The van der Waals surface area contributed by atoms with E-state index < -0.39 is 0 Å². The van der Waals surface area contributed by atoms with E-state index in [1.165, 1.54) is 0 Å². The SMILES string of the molecule is O=C(N/N=C1/C[C@@H]2C=CC[C@H]12)c1ccccc1-n1cccc1. The van der Waals surface area contributed by atoms with Gasteiger partial charge in [0.25, 0.3) is 5.91 Å². The van der Waals surface area contributed by atoms with E-state index in [0.29, 0.717) is 17.4 Å². The Morgan fingerprint density at radius 1 is 1.18 bits per heavy atom. The van der Waals surface area contributed by atoms with Gasteiger partial charge < -0.3 is 4.57 Å². The number of nitrogens with one attached hydrogen (secondary N) is 1. The van der Waals surface area contributed by atoms with Crippen LogP contribution in [0, 0.1) is 11.8 Å². The maximum atomic E-state index is 12.5. The molecule has 0 unspecified atom stereocenters. The summed E-state index contributed by atoms with van der Waals surface area (Å²) < 4.78 is 1.93. The van der Waals surface area contributed by atoms with Crippen LogP contribution in [0.4, 0.5) is 0 Å². The number of hydrogen-bond donors (Lipinski definition) is 1. The highest BCUT2D eigenvalue weighted by Gasteiger charge is 2.38. The number of fused-ring (bicyclic) bond motifs is 1. The van der Waals surface area contributed by atoms with Gasteiger partial charge in [-0.1, -0.05) is 24.3 Å². The first-order valence-corrected chi connectivity index (χ1v) is 7.59. The Hall–Kier alpha value is -2.62. The molecule has 0 bridgehead atoms. The van der Waals surface area contributed by atoms with E-state index in [1.807, 2.05) is 53.4 Å². The summed E-state index contributed by atoms with van der Waals surface area (Å²) in [5, 5.41) is 4.34. The number of carbonyl (C=O) groups is 1. The van der Waals surface area contributed by atoms with Gasteiger partial charge in [0.15, 0.2) is 0 Å². The molecular formula is C18H17N3O. The van der Waals surface area contributed by atoms with Crippen LogP contribution in [0.5, 0.6) is 0 Å². The molecule has 0 saturated heterocycles. The van der Waals surface area contributed by atoms with Crippen LogP contribution >= 0.6 is 0 Å². The minimum absolute atomic E-state index is 0.161. The van der Waals surface area contributed by atoms with Gasteiger partial charge in [-0.05, 0) is 43.0 Å². The molecule has 2 aliphatic rings. The topological polar surface area (TPSA) is 46.4 Å². The fourth-order valence-electron chi connectivity index (χ4n) is 3.23. The molecule has 1 aromatic heterocycles. The lowest BCUT2D eigenvalue weighted by atomic mass is 9.74. The lowest BCUT2D eigenvalue weighted by Gasteiger charge is -2.31. The molecule has 1 amide bonds. The molecule has 4 rings (SSSR count). The quantitative estimate of drug-likeness (QED) is 0.685. The van der Waals surface area contributed by atoms with E-state index in [4.69, 9.17) is 0 Å². The van der Waals surface area contributed by atoms with Crippen LogP contribution in [-0.4, -0.2) is 16.2 Å². The number of aromatic nitrogens is 1. The molecule has 22 heavy (non-hydrogen) atoms. The summed E-state index contributed by atoms with van der Waals surface area (Å²) in [6, 6.07) is 11.4. The van der Waals surface area contributed by atoms with Crippen LogP contribution in [0.3, 0.4) is 0 Å². The Bertz CT molecular complexity index is 758. The van der Waals surface area contributed by atoms with Gasteiger partial charge in [0.05, 0.1) is 11.3 Å². The summed E-state index contributed by atoms with van der Waals surface area (Å²) >= 11 is 0. The summed E-state index contributed by atoms with van der Waals surface area (Å²) in [6.45, 7) is 0. The number of nitrogens with zero attached hydrogens (tertiary/aromatic N) is 2. The number of amides is 1. The van der Waals surface area contributed by atoms with Crippen molar-refractivity contribution in [3.8, 4) is 5.69 Å². The lowest BCUT2D eigenvalue weighted by Crippen LogP contribution is -2.35. The Labute approximate surface area is 129 Å². The van der Waals surface area contributed by atoms with Crippen molar-refractivity contribution in [2.24, 2.45) is 16.9 Å². The van der Waals surface area contributed by atoms with Crippen molar-refractivity contribution in [2.75, 3.05) is 0 Å². The molecule has 1 aromatic carbocycles. The second kappa shape index (κ2) is 5.30. The Balaban J connectivity index is 1.53. The Morgan fingerprint density at radius 2 is 2.00 bits per heavy atom. The molecule has 4 heteroatoms. The fraction of sp³-hybridized carbons (Fsp3) is 0.222. The van der Waals surface area contributed by atoms with Crippen LogP contribution in [0.1, 0.15) is 23.2 Å². The van der Waals surface area contributed by atoms with Crippen LogP contribution in [0.15, 0.2) is 66.0 Å². The highest BCUT2D eigenvalue weighted by Crippen LogP contribution is 2.40. The van der Waals surface area contributed by atoms with Crippen LogP contribution in [0.2, 0.25) is 0 Å². The van der Waals surface area contributed by atoms with Gasteiger partial charge in [-0.25, -0.2) is 5.43 Å². The maximum absolute atomic E-state index is 12.5. The first-order chi connectivity index (χ1) is 10.8. The largest absolute Gasteiger partial charge is 0.323 e. The number of benzene rings is 1. The summed E-state index contributed by atoms with van der Waals surface area (Å²) in [6.07, 6.45) is 10.4. The van der Waals surface area contributed by atoms with Gasteiger partial charge in [-0.3, -0.25) is 4.79 Å². The molecule has 0 radical (unpaired) electrons. The fourth-order valence-corrected chi connectivity index (χ4v) is 3.23. The van der Waals surface area contributed by atoms with E-state index >= 15 is 0 Å². The van der Waals surface area contributed by atoms with Crippen LogP contribution in [-0.2, 0) is 0 Å². The number of hydrogen-bond acceptors (Lipinski definition) is 2. The molecule has 1 heterocycles. The predicted molar refractivity (Wildman–Crippen MR) is 86.0 cm³/mol. The second-order valence-electron chi connectivity index (χ2n) is 5.79. The summed E-state index contributed by atoms with van der Waals surface area (Å²) in [4.78, 5) is 12.5. The second-order valence-corrected chi connectivity index (χ2v) is 5.79. The normalized spacial score (nSPS) is 24.1. The van der Waals surface area contributed by atoms with Crippen molar-refractivity contribution in [2.45, 2.75) is 12.8 Å². The molecule has 0 spiro atoms. The lowest BCUT2D eigenvalue weighted by molar-refractivity contribution is 0.0954. The molecule has 1 N–H and O–H groups in total. The van der Waals surface area contributed by atoms with E-state index in [9.17, 15) is 4.79 Å². The number of allylic oxidation sites excluding steroid dienone is 2. The predicted octanol–water partition coefficient (Wildman–Crippen LogP) is 3.16. The highest BCUT2D eigenvalue weighted by molar-refractivity contribution is 6.00. The van der Waals surface area contributed by atoms with E-state index in [-0.39, 0.29) is 5.91 Å². The molecule has 4 nitrogen and oxygen atoms in total. The highest BCUT2D eigenvalue weighted by atomic mass is 16.2. The third-order valence-corrected chi connectivity index (χ3v) is 4.50. The van der Waals surface area contributed by atoms with Crippen molar-refractivity contribution in [1.82, 2.24) is 9.99 Å². The first-order valence-electron chi connectivity index (χ1n) is 7.59. The zero-order valence-electron chi connectivity index (χ0n) is 12.1. The number of rotatable bonds is 3. The van der Waals surface area contributed by atoms with Crippen molar-refractivity contribution < 1.29 is 4.79 Å². The van der Waals surface area contributed by atoms with Crippen molar-refractivity contribution in [3.63, 3.8) is 0 Å². The van der Waals surface area contributed by atoms with Gasteiger partial charge in [0, 0.05) is 24.0 Å². The van der Waals surface area contributed by atoms with Gasteiger partial charge >= 0.3 is 0 Å². The molecular weight excluding hydrogens is 274 g/mol. The minimum atomic E-state index is -0.161. The van der Waals surface area contributed by atoms with Crippen LogP contribution in [0.25, 0.3) is 5.69 Å². The van der Waals surface area contributed by atoms with E-state index in [0.717, 1.165) is 24.2 Å². The molecule has 110 valence electrons. The van der Waals surface area contributed by atoms with E-state index in [2.05, 4.69) is 22.7 Å². The molecule has 2 aromatic rings. The molecule has 2 atom stereocenters. The summed E-state index contributed by atoms with van der Waals surface area (Å²) in [5.74, 6) is 0.994. The standard InChI is InChI=1S/C18H17N3O/c22-18(20-19-16-12-13-6-5-8-14(13)16)15-7-1-2-9-17(15)21-10-3-4-11-21/h1-7,9-11,13-14H,8,12H2,(H,20,22)/b19-16-/t13-,14-/m0/s1. The zero-order valence-corrected chi connectivity index (χ0v) is 12.1. The summed E-state index contributed by atoms with van der Waals surface area (Å²) in [5.41, 5.74) is 5.33. The average molecular weight is 291 g/mol. The maximum Gasteiger partial charge on any atom is 0.273 e. The van der Waals surface area contributed by atoms with E-state index in [1.54, 1.807) is 0 Å². The Kier molecular flexibility index (Phi) is 3.15.